The molecule has 35 heavy (non-hydrogen) atoms. The average molecular weight is 516 g/mol. The number of aromatic nitrogens is 2. The summed E-state index contributed by atoms with van der Waals surface area (Å²) in [6.07, 6.45) is -4.71. The van der Waals surface area contributed by atoms with E-state index in [4.69, 9.17) is 9.88 Å². The number of methoxy groups -OCH3 is 1. The summed E-state index contributed by atoms with van der Waals surface area (Å²) >= 11 is 0. The van der Waals surface area contributed by atoms with Crippen molar-refractivity contribution in [2.24, 2.45) is 5.14 Å². The van der Waals surface area contributed by atoms with Crippen LogP contribution in [0.3, 0.4) is 0 Å². The van der Waals surface area contributed by atoms with Crippen LogP contribution >= 0.6 is 0 Å². The molecule has 5 N–H and O–H groups in total. The van der Waals surface area contributed by atoms with E-state index in [2.05, 4.69) is 15.7 Å². The number of nitrogens with one attached hydrogen (secondary N) is 3. The summed E-state index contributed by atoms with van der Waals surface area (Å²) in [5.41, 5.74) is -0.842. The molecule has 0 spiro atoms. The van der Waals surface area contributed by atoms with Crippen LogP contribution in [0, 0.1) is 5.82 Å². The van der Waals surface area contributed by atoms with E-state index in [0.717, 1.165) is 16.8 Å². The molecule has 0 aliphatic carbocycles. The summed E-state index contributed by atoms with van der Waals surface area (Å²) in [6.45, 7) is -0.738. The maximum absolute atomic E-state index is 14.2. The highest BCUT2D eigenvalue weighted by Gasteiger charge is 2.35. The zero-order valence-electron chi connectivity index (χ0n) is 18.1. The second-order valence-corrected chi connectivity index (χ2v) is 8.49. The number of ether oxygens (including phenoxy) is 1. The molecule has 10 nitrogen and oxygen atoms in total. The summed E-state index contributed by atoms with van der Waals surface area (Å²) in [6, 6.07) is 9.64. The van der Waals surface area contributed by atoms with Gasteiger partial charge in [-0.3, -0.25) is 0 Å². The minimum atomic E-state index is -4.71. The van der Waals surface area contributed by atoms with Gasteiger partial charge in [0.2, 0.25) is 0 Å². The van der Waals surface area contributed by atoms with Crippen LogP contribution in [0.2, 0.25) is 0 Å². The summed E-state index contributed by atoms with van der Waals surface area (Å²) in [5, 5.41) is 13.1. The van der Waals surface area contributed by atoms with Crippen LogP contribution in [0.4, 0.5) is 28.0 Å². The highest BCUT2D eigenvalue weighted by molar-refractivity contribution is 7.87. The Morgan fingerprint density at radius 3 is 2.51 bits per heavy atom. The Kier molecular flexibility index (Phi) is 7.62. The fourth-order valence-electron chi connectivity index (χ4n) is 2.94. The van der Waals surface area contributed by atoms with Crippen molar-refractivity contribution in [3.8, 4) is 11.4 Å². The Morgan fingerprint density at radius 2 is 1.89 bits per heavy atom. The van der Waals surface area contributed by atoms with E-state index in [9.17, 15) is 30.8 Å². The summed E-state index contributed by atoms with van der Waals surface area (Å²) in [5.74, 6) is -0.419. The van der Waals surface area contributed by atoms with E-state index in [1.165, 1.54) is 31.4 Å². The van der Waals surface area contributed by atoms with E-state index in [-0.39, 0.29) is 29.2 Å². The van der Waals surface area contributed by atoms with Crippen LogP contribution in [0.25, 0.3) is 5.69 Å². The Hall–Kier alpha value is -3.69. The first-order valence-corrected chi connectivity index (χ1v) is 11.3. The van der Waals surface area contributed by atoms with Crippen molar-refractivity contribution in [3.05, 3.63) is 71.3 Å². The van der Waals surface area contributed by atoms with Crippen molar-refractivity contribution in [2.75, 3.05) is 12.4 Å². The highest BCUT2D eigenvalue weighted by atomic mass is 32.2. The number of alkyl halides is 3. The van der Waals surface area contributed by atoms with Crippen LogP contribution < -0.4 is 25.2 Å². The average Bonchev–Trinajstić information content (AvgIpc) is 3.21. The van der Waals surface area contributed by atoms with E-state index in [1.807, 2.05) is 4.72 Å². The summed E-state index contributed by atoms with van der Waals surface area (Å²) in [7, 11) is -2.61. The largest absolute Gasteiger partial charge is 0.497 e. The monoisotopic (exact) mass is 516 g/mol. The fraction of sp³-hybridized carbons (Fsp3) is 0.200. The molecule has 188 valence electrons. The topological polar surface area (TPSA) is 140 Å². The van der Waals surface area contributed by atoms with Gasteiger partial charge < -0.3 is 15.4 Å². The molecule has 1 heterocycles. The summed E-state index contributed by atoms with van der Waals surface area (Å²) < 4.78 is 83.8. The number of rotatable bonds is 8. The zero-order valence-corrected chi connectivity index (χ0v) is 18.9. The van der Waals surface area contributed by atoms with E-state index < -0.39 is 40.5 Å². The van der Waals surface area contributed by atoms with Crippen molar-refractivity contribution >= 4 is 21.9 Å². The molecule has 0 radical (unpaired) electrons. The molecule has 0 bridgehead atoms. The van der Waals surface area contributed by atoms with Crippen molar-refractivity contribution in [3.63, 3.8) is 0 Å². The van der Waals surface area contributed by atoms with Gasteiger partial charge in [0.05, 0.1) is 25.0 Å². The molecule has 0 atom stereocenters. The number of carbonyl (C=O) groups excluding carboxylic acids is 1. The van der Waals surface area contributed by atoms with Crippen LogP contribution in [0.5, 0.6) is 5.75 Å². The third kappa shape index (κ3) is 7.14. The van der Waals surface area contributed by atoms with Gasteiger partial charge in [-0.05, 0) is 30.3 Å². The van der Waals surface area contributed by atoms with Gasteiger partial charge in [0.25, 0.3) is 10.2 Å². The number of nitrogens with two attached hydrogens (primary N) is 1. The zero-order chi connectivity index (χ0) is 25.8. The number of amides is 2. The maximum atomic E-state index is 14.2. The minimum absolute atomic E-state index is 0.0214. The van der Waals surface area contributed by atoms with Crippen LogP contribution in [0.15, 0.2) is 48.5 Å². The molecule has 0 aliphatic rings. The van der Waals surface area contributed by atoms with E-state index in [0.29, 0.717) is 5.75 Å². The molecular weight excluding hydrogens is 496 g/mol. The third-order valence-corrected chi connectivity index (χ3v) is 5.12. The Balaban J connectivity index is 1.72. The van der Waals surface area contributed by atoms with Crippen molar-refractivity contribution < 1.29 is 35.5 Å². The predicted molar refractivity (Wildman–Crippen MR) is 117 cm³/mol. The molecule has 15 heteroatoms. The smallest absolute Gasteiger partial charge is 0.435 e. The quantitative estimate of drug-likeness (QED) is 0.341. The van der Waals surface area contributed by atoms with E-state index >= 15 is 0 Å². The van der Waals surface area contributed by atoms with Gasteiger partial charge in [0.15, 0.2) is 5.69 Å². The molecule has 0 aliphatic heterocycles. The molecule has 2 amide bonds. The molecule has 0 unspecified atom stereocenters. The first-order chi connectivity index (χ1) is 16.4. The predicted octanol–water partition coefficient (Wildman–Crippen LogP) is 2.65. The molecule has 1 aromatic heterocycles. The second kappa shape index (κ2) is 10.3. The summed E-state index contributed by atoms with van der Waals surface area (Å²) in [4.78, 5) is 12.3. The fourth-order valence-corrected chi connectivity index (χ4v) is 3.30. The Bertz CT molecular complexity index is 1330. The number of hydrogen-bond donors (Lipinski definition) is 4. The van der Waals surface area contributed by atoms with Gasteiger partial charge in [-0.1, -0.05) is 12.1 Å². The normalized spacial score (nSPS) is 11.8. The van der Waals surface area contributed by atoms with Gasteiger partial charge in [0.1, 0.15) is 11.6 Å². The van der Waals surface area contributed by atoms with Crippen LogP contribution in [0.1, 0.15) is 17.0 Å². The van der Waals surface area contributed by atoms with Gasteiger partial charge in [-0.25, -0.2) is 19.0 Å². The number of benzene rings is 2. The van der Waals surface area contributed by atoms with Crippen LogP contribution in [-0.2, 0) is 29.5 Å². The minimum Gasteiger partial charge on any atom is -0.497 e. The lowest BCUT2D eigenvalue weighted by molar-refractivity contribution is -0.141. The molecule has 3 rings (SSSR count). The number of urea groups is 1. The Morgan fingerprint density at radius 1 is 1.14 bits per heavy atom. The molecule has 3 aromatic rings. The van der Waals surface area contributed by atoms with Gasteiger partial charge >= 0.3 is 12.2 Å². The lowest BCUT2D eigenvalue weighted by Crippen LogP contribution is -2.30. The number of hydrogen-bond acceptors (Lipinski definition) is 5. The van der Waals surface area contributed by atoms with Gasteiger partial charge in [-0.15, -0.1) is 0 Å². The first-order valence-electron chi connectivity index (χ1n) is 9.77. The first kappa shape index (κ1) is 25.9. The molecule has 0 saturated carbocycles. The van der Waals surface area contributed by atoms with Gasteiger partial charge in [-0.2, -0.15) is 31.4 Å². The number of carbonyl (C=O) groups is 1. The highest BCUT2D eigenvalue weighted by Crippen LogP contribution is 2.30. The van der Waals surface area contributed by atoms with Crippen molar-refractivity contribution in [1.82, 2.24) is 19.8 Å². The molecule has 2 aromatic carbocycles. The standard InChI is InChI=1S/C20H20F4N6O4S/c1-34-16-4-2-3-14(8-16)30-15(9-18(29-30)20(22,23)24)11-26-19(31)28-13-6-5-12(17(21)7-13)10-27-35(25,32)33/h2-9,27H,10-11H2,1H3,(H2,25,32,33)(H2,26,28,31). The lowest BCUT2D eigenvalue weighted by Gasteiger charge is -2.11. The van der Waals surface area contributed by atoms with Crippen molar-refractivity contribution in [2.45, 2.75) is 19.3 Å². The number of halogens is 4. The van der Waals surface area contributed by atoms with E-state index in [1.54, 1.807) is 12.1 Å². The molecule has 0 saturated heterocycles. The van der Waals surface area contributed by atoms with Crippen LogP contribution in [-0.4, -0.2) is 31.3 Å². The second-order valence-electron chi connectivity index (χ2n) is 7.11. The third-order valence-electron chi connectivity index (χ3n) is 4.58. The van der Waals surface area contributed by atoms with Crippen molar-refractivity contribution in [1.29, 1.82) is 0 Å². The number of nitrogens with zero attached hydrogens (tertiary/aromatic N) is 2. The van der Waals surface area contributed by atoms with Gasteiger partial charge in [0, 0.05) is 23.9 Å². The Labute approximate surface area is 197 Å². The number of anilines is 1. The molecule has 0 fully saturated rings. The molecular formula is C20H20F4N6O4S. The lowest BCUT2D eigenvalue weighted by atomic mass is 10.2. The SMILES string of the molecule is COc1cccc(-n2nc(C(F)(F)F)cc2CNC(=O)Nc2ccc(CNS(N)(=O)=O)c(F)c2)c1. The maximum Gasteiger partial charge on any atom is 0.435 e.